The van der Waals surface area contributed by atoms with Crippen molar-refractivity contribution in [1.82, 2.24) is 5.32 Å². The van der Waals surface area contributed by atoms with Gasteiger partial charge in [-0.15, -0.1) is 0 Å². The van der Waals surface area contributed by atoms with E-state index in [1.807, 2.05) is 0 Å². The van der Waals surface area contributed by atoms with Crippen molar-refractivity contribution >= 4 is 0 Å². The lowest BCUT2D eigenvalue weighted by Gasteiger charge is -2.43. The van der Waals surface area contributed by atoms with E-state index in [2.05, 4.69) is 18.5 Å². The van der Waals surface area contributed by atoms with Crippen molar-refractivity contribution in [2.45, 2.75) is 60.2 Å². The molecular weight excluding hydrogens is 569 g/mol. The van der Waals surface area contributed by atoms with E-state index < -0.39 is 66.7 Å². The Morgan fingerprint density at radius 3 is 1.43 bits per heavy atom. The van der Waals surface area contributed by atoms with Gasteiger partial charge in [0.15, 0.2) is 0 Å². The van der Waals surface area contributed by atoms with Crippen molar-refractivity contribution in [1.29, 1.82) is 0 Å². The molecule has 1 atom stereocenters. The van der Waals surface area contributed by atoms with Gasteiger partial charge in [-0.25, -0.2) is 0 Å². The zero-order chi connectivity index (χ0) is 30.1. The van der Waals surface area contributed by atoms with Crippen LogP contribution >= 0.6 is 0 Å². The highest BCUT2D eigenvalue weighted by Gasteiger charge is 2.95. The Bertz CT molecular complexity index is 844. The fraction of sp³-hybridized carbons (Fsp3) is 0.667. The average molecular weight is 585 g/mol. The van der Waals surface area contributed by atoms with Crippen molar-refractivity contribution in [3.8, 4) is 0 Å². The normalized spacial score (nSPS) is 16.3. The molecule has 0 aromatic rings. The molecule has 0 saturated heterocycles. The van der Waals surface area contributed by atoms with Crippen LogP contribution in [0, 0.1) is 0 Å². The molecule has 19 heteroatoms. The van der Waals surface area contributed by atoms with Crippen LogP contribution in [0.4, 0.5) is 74.6 Å². The van der Waals surface area contributed by atoms with Crippen LogP contribution in [0.3, 0.4) is 0 Å². The van der Waals surface area contributed by atoms with Gasteiger partial charge in [-0.3, -0.25) is 0 Å². The molecular formula is C18H16F17NO. The maximum atomic E-state index is 13.8. The van der Waals surface area contributed by atoms with Crippen LogP contribution in [0.25, 0.3) is 0 Å². The molecule has 1 unspecified atom stereocenters. The summed E-state index contributed by atoms with van der Waals surface area (Å²) >= 11 is 0. The monoisotopic (exact) mass is 585 g/mol. The highest BCUT2D eigenvalue weighted by Crippen LogP contribution is 2.64. The lowest BCUT2D eigenvalue weighted by molar-refractivity contribution is -0.462. The van der Waals surface area contributed by atoms with Gasteiger partial charge in [-0.2, -0.15) is 74.6 Å². The van der Waals surface area contributed by atoms with Gasteiger partial charge in [0.05, 0.1) is 6.10 Å². The number of rotatable bonds is 14. The standard InChI is InChI=1S/C18H16F17NO/c1-3-4-5-9(2)7-36-8-10(37)6-11(19,20)12(21,22)13(23,24)14(25,26)15(27,28)16(29,30)17(31,32)18(33,34)35/h3-5,10,36-37H,1-2,6-8H2/b5-4+. The Hall–Kier alpha value is -2.05. The molecule has 2 nitrogen and oxygen atoms in total. The number of aliphatic hydroxyl groups is 1. The van der Waals surface area contributed by atoms with Gasteiger partial charge in [-0.1, -0.05) is 31.4 Å². The predicted molar refractivity (Wildman–Crippen MR) is 92.7 cm³/mol. The summed E-state index contributed by atoms with van der Waals surface area (Å²) in [6, 6.07) is 0. The number of aliphatic hydroxyl groups excluding tert-OH is 1. The van der Waals surface area contributed by atoms with Gasteiger partial charge in [0.25, 0.3) is 0 Å². The maximum absolute atomic E-state index is 13.8. The number of nitrogens with one attached hydrogen (secondary N) is 1. The summed E-state index contributed by atoms with van der Waals surface area (Å²) in [5.74, 6) is -56.9. The summed E-state index contributed by atoms with van der Waals surface area (Å²) in [7, 11) is 0. The molecule has 0 radical (unpaired) electrons. The van der Waals surface area contributed by atoms with E-state index >= 15 is 0 Å². The quantitative estimate of drug-likeness (QED) is 0.177. The first-order valence-electron chi connectivity index (χ1n) is 9.17. The lowest BCUT2D eigenvalue weighted by atomic mass is 9.87. The van der Waals surface area contributed by atoms with Crippen molar-refractivity contribution in [3.05, 3.63) is 37.0 Å². The van der Waals surface area contributed by atoms with Crippen molar-refractivity contribution in [2.75, 3.05) is 13.1 Å². The van der Waals surface area contributed by atoms with Gasteiger partial charge in [0.1, 0.15) is 0 Å². The molecule has 0 amide bonds. The number of halogens is 17. The van der Waals surface area contributed by atoms with Gasteiger partial charge in [0.2, 0.25) is 0 Å². The van der Waals surface area contributed by atoms with Crippen LogP contribution in [-0.2, 0) is 0 Å². The topological polar surface area (TPSA) is 32.3 Å². The number of hydrogen-bond acceptors (Lipinski definition) is 2. The Labute approximate surface area is 196 Å². The van der Waals surface area contributed by atoms with E-state index in [0.29, 0.717) is 0 Å². The van der Waals surface area contributed by atoms with Crippen molar-refractivity contribution < 1.29 is 79.7 Å². The van der Waals surface area contributed by atoms with Crippen LogP contribution in [0.1, 0.15) is 6.42 Å². The zero-order valence-corrected chi connectivity index (χ0v) is 17.7. The number of alkyl halides is 17. The second-order valence-corrected chi connectivity index (χ2v) is 7.39. The SMILES string of the molecule is C=C/C=C/C(=C)CNCC(O)CC(F)(F)C(F)(F)C(F)(F)C(F)(F)C(F)(F)C(F)(F)C(F)(F)C(F)(F)F. The minimum Gasteiger partial charge on any atom is -0.392 e. The third kappa shape index (κ3) is 6.01. The van der Waals surface area contributed by atoms with Crippen LogP contribution < -0.4 is 5.32 Å². The van der Waals surface area contributed by atoms with E-state index in [9.17, 15) is 79.7 Å². The summed E-state index contributed by atoms with van der Waals surface area (Å²) in [4.78, 5) is 0. The Balaban J connectivity index is 6.10. The molecule has 0 aliphatic heterocycles. The summed E-state index contributed by atoms with van der Waals surface area (Å²) in [5.41, 5.74) is 0.134. The lowest BCUT2D eigenvalue weighted by Crippen LogP contribution is -2.74. The second-order valence-electron chi connectivity index (χ2n) is 7.39. The summed E-state index contributed by atoms with van der Waals surface area (Å²) in [6.45, 7) is 5.05. The molecule has 0 aliphatic rings. The summed E-state index contributed by atoms with van der Waals surface area (Å²) in [6.07, 6.45) is -9.78. The van der Waals surface area contributed by atoms with E-state index in [1.54, 1.807) is 0 Å². The van der Waals surface area contributed by atoms with Crippen molar-refractivity contribution in [2.24, 2.45) is 0 Å². The van der Waals surface area contributed by atoms with E-state index in [4.69, 9.17) is 0 Å². The van der Waals surface area contributed by atoms with Gasteiger partial charge in [0, 0.05) is 19.5 Å². The van der Waals surface area contributed by atoms with Crippen LogP contribution in [0.2, 0.25) is 0 Å². The Kier molecular flexibility index (Phi) is 10.0. The minimum absolute atomic E-state index is 0.134. The minimum atomic E-state index is -8.68. The summed E-state index contributed by atoms with van der Waals surface area (Å²) in [5, 5.41) is 11.4. The molecule has 0 aromatic carbocycles. The number of hydrogen-bond donors (Lipinski definition) is 2. The fourth-order valence-electron chi connectivity index (χ4n) is 2.36. The molecule has 0 rings (SSSR count). The van der Waals surface area contributed by atoms with Gasteiger partial charge in [-0.05, 0) is 5.57 Å². The van der Waals surface area contributed by atoms with Crippen LogP contribution in [-0.4, -0.2) is 71.9 Å². The molecule has 0 aromatic heterocycles. The molecule has 37 heavy (non-hydrogen) atoms. The summed E-state index contributed by atoms with van der Waals surface area (Å²) < 4.78 is 224. The highest BCUT2D eigenvalue weighted by atomic mass is 19.4. The Morgan fingerprint density at radius 2 is 1.05 bits per heavy atom. The van der Waals surface area contributed by atoms with E-state index in [0.717, 1.165) is 0 Å². The molecule has 0 heterocycles. The molecule has 0 aliphatic carbocycles. The Morgan fingerprint density at radius 1 is 0.676 bits per heavy atom. The first-order chi connectivity index (χ1) is 16.1. The van der Waals surface area contributed by atoms with Crippen molar-refractivity contribution in [3.63, 3.8) is 0 Å². The predicted octanol–water partition coefficient (Wildman–Crippen LogP) is 6.63. The molecule has 0 bridgehead atoms. The average Bonchev–Trinajstić information content (AvgIpc) is 2.70. The van der Waals surface area contributed by atoms with Gasteiger partial charge < -0.3 is 10.4 Å². The van der Waals surface area contributed by atoms with E-state index in [-0.39, 0.29) is 12.1 Å². The molecule has 218 valence electrons. The van der Waals surface area contributed by atoms with Crippen LogP contribution in [0.5, 0.6) is 0 Å². The second kappa shape index (κ2) is 10.6. The molecule has 2 N–H and O–H groups in total. The van der Waals surface area contributed by atoms with E-state index in [1.165, 1.54) is 18.2 Å². The third-order valence-electron chi connectivity index (χ3n) is 4.48. The first-order valence-corrected chi connectivity index (χ1v) is 9.17. The molecule has 0 spiro atoms. The molecule has 0 fully saturated rings. The largest absolute Gasteiger partial charge is 0.460 e. The zero-order valence-electron chi connectivity index (χ0n) is 17.7. The number of allylic oxidation sites excluding steroid dienone is 2. The van der Waals surface area contributed by atoms with Gasteiger partial charge >= 0.3 is 47.6 Å². The smallest absolute Gasteiger partial charge is 0.392 e. The maximum Gasteiger partial charge on any atom is 0.460 e. The van der Waals surface area contributed by atoms with Crippen LogP contribution in [0.15, 0.2) is 37.0 Å². The third-order valence-corrected chi connectivity index (χ3v) is 4.48. The molecule has 0 saturated carbocycles. The highest BCUT2D eigenvalue weighted by molar-refractivity contribution is 5.19. The first kappa shape index (κ1) is 35.0. The fourth-order valence-corrected chi connectivity index (χ4v) is 2.36.